The highest BCUT2D eigenvalue weighted by Crippen LogP contribution is 2.30. The molecule has 0 atom stereocenters. The van der Waals surface area contributed by atoms with Gasteiger partial charge < -0.3 is 4.42 Å². The minimum Gasteiger partial charge on any atom is -0.454 e. The number of nitrogens with zero attached hydrogens (tertiary/aromatic N) is 3. The number of aromatic nitrogens is 2. The average Bonchev–Trinajstić information content (AvgIpc) is 3.33. The van der Waals surface area contributed by atoms with E-state index in [1.54, 1.807) is 0 Å². The lowest BCUT2D eigenvalue weighted by Gasteiger charge is -2.25. The molecule has 0 spiro atoms. The molecular weight excluding hydrogens is 366 g/mol. The molecule has 2 aromatic carbocycles. The Morgan fingerprint density at radius 2 is 1.71 bits per heavy atom. The molecule has 1 fully saturated rings. The third kappa shape index (κ3) is 3.73. The molecule has 0 N–H and O–H groups in total. The highest BCUT2D eigenvalue weighted by atomic mass is 32.2. The van der Waals surface area contributed by atoms with Gasteiger partial charge in [-0.15, -0.1) is 0 Å². The second-order valence-electron chi connectivity index (χ2n) is 7.22. The fourth-order valence-electron chi connectivity index (χ4n) is 3.74. The van der Waals surface area contributed by atoms with E-state index in [0.29, 0.717) is 0 Å². The van der Waals surface area contributed by atoms with Gasteiger partial charge in [-0.25, -0.2) is 0 Å². The molecule has 3 heterocycles. The van der Waals surface area contributed by atoms with E-state index >= 15 is 0 Å². The fraction of sp³-hybridized carbons (Fsp3) is 0.261. The van der Waals surface area contributed by atoms with Crippen LogP contribution in [0.15, 0.2) is 71.3 Å². The van der Waals surface area contributed by atoms with Gasteiger partial charge in [-0.3, -0.25) is 9.58 Å². The van der Waals surface area contributed by atoms with Crippen molar-refractivity contribution in [3.8, 4) is 11.5 Å². The molecule has 0 unspecified atom stereocenters. The van der Waals surface area contributed by atoms with Gasteiger partial charge in [0.1, 0.15) is 11.3 Å². The molecule has 142 valence electrons. The molecule has 5 heteroatoms. The first-order chi connectivity index (χ1) is 13.8. The first-order valence-electron chi connectivity index (χ1n) is 9.74. The molecule has 4 aromatic rings. The molecule has 0 aliphatic carbocycles. The third-order valence-corrected chi connectivity index (χ3v) is 6.12. The maximum atomic E-state index is 6.15. The van der Waals surface area contributed by atoms with Crippen molar-refractivity contribution in [1.29, 1.82) is 0 Å². The van der Waals surface area contributed by atoms with Crippen LogP contribution in [0, 0.1) is 0 Å². The lowest BCUT2D eigenvalue weighted by Crippen LogP contribution is -2.32. The zero-order valence-corrected chi connectivity index (χ0v) is 16.6. The second kappa shape index (κ2) is 7.86. The van der Waals surface area contributed by atoms with E-state index in [2.05, 4.69) is 47.5 Å². The fourth-order valence-corrected chi connectivity index (χ4v) is 4.71. The van der Waals surface area contributed by atoms with Crippen LogP contribution in [-0.4, -0.2) is 39.3 Å². The normalized spacial score (nSPS) is 15.3. The molecule has 5 rings (SSSR count). The number of rotatable bonds is 5. The average molecular weight is 390 g/mol. The van der Waals surface area contributed by atoms with E-state index in [0.717, 1.165) is 48.6 Å². The number of furan rings is 1. The molecule has 1 aliphatic rings. The van der Waals surface area contributed by atoms with Crippen LogP contribution in [0.4, 0.5) is 0 Å². The van der Waals surface area contributed by atoms with E-state index in [-0.39, 0.29) is 0 Å². The van der Waals surface area contributed by atoms with Gasteiger partial charge in [-0.1, -0.05) is 48.5 Å². The van der Waals surface area contributed by atoms with Crippen molar-refractivity contribution in [1.82, 2.24) is 14.7 Å². The van der Waals surface area contributed by atoms with Crippen molar-refractivity contribution in [3.63, 3.8) is 0 Å². The molecular formula is C23H23N3OS. The van der Waals surface area contributed by atoms with Gasteiger partial charge in [0.15, 0.2) is 5.76 Å². The highest BCUT2D eigenvalue weighted by Gasteiger charge is 2.19. The number of para-hydroxylation sites is 1. The van der Waals surface area contributed by atoms with Crippen LogP contribution >= 0.6 is 11.8 Å². The first kappa shape index (κ1) is 17.6. The molecule has 2 aromatic heterocycles. The van der Waals surface area contributed by atoms with Crippen LogP contribution in [0.2, 0.25) is 0 Å². The van der Waals surface area contributed by atoms with Crippen LogP contribution in [0.5, 0.6) is 0 Å². The summed E-state index contributed by atoms with van der Waals surface area (Å²) in [6.45, 7) is 3.95. The van der Waals surface area contributed by atoms with E-state index in [1.807, 2.05) is 40.7 Å². The Balaban J connectivity index is 1.50. The molecule has 1 saturated heterocycles. The molecule has 0 bridgehead atoms. The summed E-state index contributed by atoms with van der Waals surface area (Å²) in [7, 11) is 0. The lowest BCUT2D eigenvalue weighted by molar-refractivity contribution is 0.294. The number of thioether (sulfide) groups is 1. The zero-order valence-electron chi connectivity index (χ0n) is 15.8. The van der Waals surface area contributed by atoms with E-state index < -0.39 is 0 Å². The molecule has 0 saturated carbocycles. The summed E-state index contributed by atoms with van der Waals surface area (Å²) in [6.07, 6.45) is 2.19. The molecule has 1 aliphatic heterocycles. The van der Waals surface area contributed by atoms with Crippen molar-refractivity contribution in [2.45, 2.75) is 13.1 Å². The van der Waals surface area contributed by atoms with E-state index in [1.165, 1.54) is 22.6 Å². The minimum atomic E-state index is 0.768. The Morgan fingerprint density at radius 1 is 0.929 bits per heavy atom. The van der Waals surface area contributed by atoms with Gasteiger partial charge in [0.05, 0.1) is 6.54 Å². The summed E-state index contributed by atoms with van der Waals surface area (Å²) in [5, 5.41) is 6.05. The van der Waals surface area contributed by atoms with E-state index in [9.17, 15) is 0 Å². The number of hydrogen-bond acceptors (Lipinski definition) is 4. The largest absolute Gasteiger partial charge is 0.454 e. The summed E-state index contributed by atoms with van der Waals surface area (Å²) in [5.41, 5.74) is 4.37. The third-order valence-electron chi connectivity index (χ3n) is 5.18. The quantitative estimate of drug-likeness (QED) is 0.486. The summed E-state index contributed by atoms with van der Waals surface area (Å²) in [6, 6.07) is 20.8. The SMILES string of the molecule is c1ccc(Cn2cc(CN3CCSCC3)c(-c3cc4ccccc4o3)n2)cc1. The Hall–Kier alpha value is -2.50. The first-order valence-corrected chi connectivity index (χ1v) is 10.9. The Kier molecular flexibility index (Phi) is 4.93. The predicted molar refractivity (Wildman–Crippen MR) is 116 cm³/mol. The molecule has 28 heavy (non-hydrogen) atoms. The van der Waals surface area contributed by atoms with Gasteiger partial charge in [0.2, 0.25) is 0 Å². The van der Waals surface area contributed by atoms with Crippen LogP contribution in [0.3, 0.4) is 0 Å². The van der Waals surface area contributed by atoms with Crippen LogP contribution in [-0.2, 0) is 13.1 Å². The highest BCUT2D eigenvalue weighted by molar-refractivity contribution is 7.99. The number of hydrogen-bond donors (Lipinski definition) is 0. The summed E-state index contributed by atoms with van der Waals surface area (Å²) in [4.78, 5) is 2.52. The monoisotopic (exact) mass is 389 g/mol. The van der Waals surface area contributed by atoms with Gasteiger partial charge in [-0.2, -0.15) is 16.9 Å². The standard InChI is InChI=1S/C23H23N3OS/c1-2-6-18(7-3-1)15-26-17-20(16-25-10-12-28-13-11-25)23(24-26)22-14-19-8-4-5-9-21(19)27-22/h1-9,14,17H,10-13,15-16H2. The molecule has 0 amide bonds. The summed E-state index contributed by atoms with van der Waals surface area (Å²) < 4.78 is 8.20. The number of benzene rings is 2. The van der Waals surface area contributed by atoms with Crippen molar-refractivity contribution in [2.24, 2.45) is 0 Å². The maximum absolute atomic E-state index is 6.15. The van der Waals surface area contributed by atoms with Gasteiger partial charge in [0, 0.05) is 48.3 Å². The molecule has 4 nitrogen and oxygen atoms in total. The zero-order chi connectivity index (χ0) is 18.8. The van der Waals surface area contributed by atoms with Crippen molar-refractivity contribution in [2.75, 3.05) is 24.6 Å². The second-order valence-corrected chi connectivity index (χ2v) is 8.45. The van der Waals surface area contributed by atoms with Gasteiger partial charge in [-0.05, 0) is 17.7 Å². The van der Waals surface area contributed by atoms with Crippen molar-refractivity contribution in [3.05, 3.63) is 78.0 Å². The Morgan fingerprint density at radius 3 is 2.54 bits per heavy atom. The topological polar surface area (TPSA) is 34.2 Å². The van der Waals surface area contributed by atoms with Gasteiger partial charge >= 0.3 is 0 Å². The summed E-state index contributed by atoms with van der Waals surface area (Å²) in [5.74, 6) is 3.27. The minimum absolute atomic E-state index is 0.768. The smallest absolute Gasteiger partial charge is 0.156 e. The lowest BCUT2D eigenvalue weighted by atomic mass is 10.2. The summed E-state index contributed by atoms with van der Waals surface area (Å²) >= 11 is 2.04. The van der Waals surface area contributed by atoms with Crippen LogP contribution in [0.1, 0.15) is 11.1 Å². The number of fused-ring (bicyclic) bond motifs is 1. The van der Waals surface area contributed by atoms with Gasteiger partial charge in [0.25, 0.3) is 0 Å². The van der Waals surface area contributed by atoms with Crippen molar-refractivity contribution < 1.29 is 4.42 Å². The molecule has 0 radical (unpaired) electrons. The Labute approximate surface area is 169 Å². The van der Waals surface area contributed by atoms with Crippen LogP contribution in [0.25, 0.3) is 22.4 Å². The maximum Gasteiger partial charge on any atom is 0.156 e. The predicted octanol–water partition coefficient (Wildman–Crippen LogP) is 4.89. The Bertz CT molecular complexity index is 1030. The van der Waals surface area contributed by atoms with Crippen LogP contribution < -0.4 is 0 Å². The van der Waals surface area contributed by atoms with E-state index in [4.69, 9.17) is 9.52 Å². The van der Waals surface area contributed by atoms with Crippen molar-refractivity contribution >= 4 is 22.7 Å².